The molecule has 0 spiro atoms. The van der Waals surface area contributed by atoms with Crippen molar-refractivity contribution in [2.75, 3.05) is 14.2 Å². The largest absolute Gasteiger partial charge is 0.504 e. The summed E-state index contributed by atoms with van der Waals surface area (Å²) in [7, 11) is 2.00. The third-order valence-electron chi connectivity index (χ3n) is 4.91. The number of carbonyl (C=O) groups excluding carboxylic acids is 6. The molecule has 2 bridgehead atoms. The Morgan fingerprint density at radius 3 is 2.32 bits per heavy atom. The van der Waals surface area contributed by atoms with Crippen LogP contribution in [0.2, 0.25) is 0 Å². The number of ether oxygens (including phenoxy) is 2. The summed E-state index contributed by atoms with van der Waals surface area (Å²) in [6, 6.07) is 0. The van der Waals surface area contributed by atoms with Crippen molar-refractivity contribution in [2.45, 2.75) is 0 Å². The number of hydrogen-bond donors (Lipinski definition) is 1. The summed E-state index contributed by atoms with van der Waals surface area (Å²) in [4.78, 5) is 74.0. The van der Waals surface area contributed by atoms with E-state index in [0.29, 0.717) is 0 Å². The van der Waals surface area contributed by atoms with Gasteiger partial charge in [0.1, 0.15) is 11.3 Å². The predicted molar refractivity (Wildman–Crippen MR) is 75.8 cm³/mol. The molecule has 0 aromatic carbocycles. The molecular formula is C16H12O9. The quantitative estimate of drug-likeness (QED) is 0.372. The monoisotopic (exact) mass is 348 g/mol. The van der Waals surface area contributed by atoms with Gasteiger partial charge in [-0.3, -0.25) is 24.0 Å². The van der Waals surface area contributed by atoms with Crippen molar-refractivity contribution in [1.82, 2.24) is 0 Å². The first-order valence-electron chi connectivity index (χ1n) is 7.18. The molecular weight excluding hydrogens is 336 g/mol. The lowest BCUT2D eigenvalue weighted by atomic mass is 9.65. The van der Waals surface area contributed by atoms with E-state index in [1.165, 1.54) is 0 Å². The van der Waals surface area contributed by atoms with Gasteiger partial charge in [0.25, 0.3) is 5.78 Å². The molecule has 0 aromatic rings. The minimum atomic E-state index is -2.17. The van der Waals surface area contributed by atoms with Crippen LogP contribution in [0.15, 0.2) is 23.5 Å². The van der Waals surface area contributed by atoms with Gasteiger partial charge in [0.2, 0.25) is 5.78 Å². The number of hydrogen-bond acceptors (Lipinski definition) is 9. The maximum absolute atomic E-state index is 12.7. The highest BCUT2D eigenvalue weighted by atomic mass is 16.5. The van der Waals surface area contributed by atoms with Crippen LogP contribution in [-0.2, 0) is 38.2 Å². The Morgan fingerprint density at radius 2 is 1.76 bits per heavy atom. The molecule has 9 nitrogen and oxygen atoms in total. The summed E-state index contributed by atoms with van der Waals surface area (Å²) in [6.07, 6.45) is 1.57. The summed E-state index contributed by atoms with van der Waals surface area (Å²) in [5.41, 5.74) is -2.57. The number of methoxy groups -OCH3 is 2. The van der Waals surface area contributed by atoms with Gasteiger partial charge in [-0.15, -0.1) is 0 Å². The number of Topliss-reactive ketones (excluding diaryl/α,β-unsaturated/α-hetero) is 3. The average Bonchev–Trinajstić information content (AvgIpc) is 2.77. The second-order valence-corrected chi connectivity index (χ2v) is 5.93. The summed E-state index contributed by atoms with van der Waals surface area (Å²) in [5.74, 6) is -12.3. The Morgan fingerprint density at radius 1 is 1.12 bits per heavy atom. The van der Waals surface area contributed by atoms with Crippen LogP contribution in [0.25, 0.3) is 0 Å². The number of rotatable bonds is 2. The van der Waals surface area contributed by atoms with E-state index in [4.69, 9.17) is 0 Å². The van der Waals surface area contributed by atoms with Crippen molar-refractivity contribution >= 4 is 35.1 Å². The Hall–Kier alpha value is -3.10. The van der Waals surface area contributed by atoms with E-state index in [2.05, 4.69) is 9.47 Å². The SMILES string of the molecule is COC(=O)C1=CC(=O)[C@H]2C(=O)[C@@H]1[C@@H]1C(=O)C(=O)C(O)=C[C@]21C(=O)OC. The van der Waals surface area contributed by atoms with Gasteiger partial charge < -0.3 is 14.6 Å². The van der Waals surface area contributed by atoms with Crippen LogP contribution in [0.4, 0.5) is 0 Å². The Labute approximate surface area is 140 Å². The van der Waals surface area contributed by atoms with E-state index < -0.39 is 69.6 Å². The second kappa shape index (κ2) is 5.20. The number of aliphatic hydroxyl groups is 1. The number of allylic oxidation sites excluding steroid dienone is 2. The molecule has 1 N–H and O–H groups in total. The van der Waals surface area contributed by atoms with Crippen molar-refractivity contribution in [3.8, 4) is 0 Å². The van der Waals surface area contributed by atoms with E-state index in [1.54, 1.807) is 0 Å². The fourth-order valence-corrected chi connectivity index (χ4v) is 3.95. The van der Waals surface area contributed by atoms with E-state index in [1.807, 2.05) is 0 Å². The van der Waals surface area contributed by atoms with Crippen LogP contribution in [0.5, 0.6) is 0 Å². The lowest BCUT2D eigenvalue weighted by Crippen LogP contribution is -2.50. The van der Waals surface area contributed by atoms with Gasteiger partial charge in [0.15, 0.2) is 17.3 Å². The van der Waals surface area contributed by atoms with Crippen LogP contribution < -0.4 is 0 Å². The lowest BCUT2D eigenvalue weighted by Gasteiger charge is -2.34. The maximum Gasteiger partial charge on any atom is 0.334 e. The second-order valence-electron chi connectivity index (χ2n) is 5.93. The van der Waals surface area contributed by atoms with E-state index in [0.717, 1.165) is 26.4 Å². The van der Waals surface area contributed by atoms with Crippen molar-refractivity contribution in [3.05, 3.63) is 23.5 Å². The van der Waals surface area contributed by atoms with E-state index in [9.17, 15) is 33.9 Å². The molecule has 4 atom stereocenters. The Kier molecular flexibility index (Phi) is 3.48. The third kappa shape index (κ3) is 1.83. The molecule has 0 aliphatic heterocycles. The maximum atomic E-state index is 12.7. The number of fused-ring (bicyclic) bond motifs is 5. The first-order chi connectivity index (χ1) is 11.7. The van der Waals surface area contributed by atoms with Gasteiger partial charge in [-0.05, 0) is 12.2 Å². The highest BCUT2D eigenvalue weighted by molar-refractivity contribution is 6.46. The fraction of sp³-hybridized carbons (Fsp3) is 0.375. The molecule has 3 rings (SSSR count). The van der Waals surface area contributed by atoms with Crippen LogP contribution in [0.3, 0.4) is 0 Å². The number of carbonyl (C=O) groups is 6. The van der Waals surface area contributed by atoms with Crippen LogP contribution in [-0.4, -0.2) is 54.4 Å². The summed E-state index contributed by atoms with van der Waals surface area (Å²) >= 11 is 0. The summed E-state index contributed by atoms with van der Waals surface area (Å²) in [5, 5.41) is 9.77. The molecule has 1 saturated carbocycles. The zero-order valence-electron chi connectivity index (χ0n) is 13.1. The van der Waals surface area contributed by atoms with Gasteiger partial charge in [0, 0.05) is 0 Å². The Balaban J connectivity index is 2.34. The highest BCUT2D eigenvalue weighted by Gasteiger charge is 2.73. The zero-order valence-corrected chi connectivity index (χ0v) is 13.1. The lowest BCUT2D eigenvalue weighted by molar-refractivity contribution is -0.161. The van der Waals surface area contributed by atoms with Gasteiger partial charge in [-0.2, -0.15) is 0 Å². The third-order valence-corrected chi connectivity index (χ3v) is 4.91. The number of ketones is 4. The minimum absolute atomic E-state index is 0.402. The molecule has 0 unspecified atom stereocenters. The van der Waals surface area contributed by atoms with Gasteiger partial charge in [-0.25, -0.2) is 4.79 Å². The molecule has 25 heavy (non-hydrogen) atoms. The normalized spacial score (nSPS) is 33.4. The molecule has 0 amide bonds. The molecule has 3 aliphatic carbocycles. The van der Waals surface area contributed by atoms with Gasteiger partial charge >= 0.3 is 11.9 Å². The minimum Gasteiger partial charge on any atom is -0.504 e. The van der Waals surface area contributed by atoms with Crippen molar-refractivity contribution < 1.29 is 43.3 Å². The number of esters is 2. The Bertz CT molecular complexity index is 831. The van der Waals surface area contributed by atoms with E-state index >= 15 is 0 Å². The molecule has 0 aromatic heterocycles. The molecule has 1 fully saturated rings. The van der Waals surface area contributed by atoms with Gasteiger partial charge in [-0.1, -0.05) is 0 Å². The predicted octanol–water partition coefficient (Wildman–Crippen LogP) is -1.15. The topological polar surface area (TPSA) is 141 Å². The molecule has 0 radical (unpaired) electrons. The smallest absolute Gasteiger partial charge is 0.334 e. The first-order valence-corrected chi connectivity index (χ1v) is 7.18. The average molecular weight is 348 g/mol. The van der Waals surface area contributed by atoms with Crippen molar-refractivity contribution in [3.63, 3.8) is 0 Å². The molecule has 9 heteroatoms. The van der Waals surface area contributed by atoms with Crippen molar-refractivity contribution in [1.29, 1.82) is 0 Å². The summed E-state index contributed by atoms with van der Waals surface area (Å²) in [6.45, 7) is 0. The van der Waals surface area contributed by atoms with Crippen LogP contribution >= 0.6 is 0 Å². The van der Waals surface area contributed by atoms with E-state index in [-0.39, 0.29) is 0 Å². The molecule has 0 saturated heterocycles. The highest BCUT2D eigenvalue weighted by Crippen LogP contribution is 2.58. The molecule has 3 aliphatic rings. The summed E-state index contributed by atoms with van der Waals surface area (Å²) < 4.78 is 9.18. The fourth-order valence-electron chi connectivity index (χ4n) is 3.95. The zero-order chi connectivity index (χ0) is 18.7. The first kappa shape index (κ1) is 16.7. The molecule has 130 valence electrons. The van der Waals surface area contributed by atoms with Gasteiger partial charge in [0.05, 0.1) is 31.6 Å². The standard InChI is InChI=1S/C16H12O9/c1-24-14(22)5-3-6(17)9-12(20)8(5)10-13(21)11(19)7(18)4-16(9,10)15(23)25-2/h3-4,8-10,18H,1-2H3/t8-,9-,10+,16-/m0/s1. The van der Waals surface area contributed by atoms with Crippen LogP contribution in [0, 0.1) is 23.2 Å². The number of aliphatic hydroxyl groups excluding tert-OH is 1. The van der Waals surface area contributed by atoms with Crippen LogP contribution in [0.1, 0.15) is 0 Å². The van der Waals surface area contributed by atoms with Crippen molar-refractivity contribution in [2.24, 2.45) is 23.2 Å². The molecule has 0 heterocycles.